The van der Waals surface area contributed by atoms with Gasteiger partial charge >= 0.3 is 0 Å². The standard InChI is InChI=1S/C17H16N2O3S/c1-9-5-6-11-10(2)8-13(22-12(11)7-9)14-15(20)18(3)17(23)19(4)16(14)21/h5-8H,1-4H3. The van der Waals surface area contributed by atoms with E-state index in [-0.39, 0.29) is 16.4 Å². The van der Waals surface area contributed by atoms with Crippen molar-refractivity contribution in [3.63, 3.8) is 0 Å². The summed E-state index contributed by atoms with van der Waals surface area (Å²) < 4.78 is 5.86. The van der Waals surface area contributed by atoms with Crippen LogP contribution in [0, 0.1) is 6.92 Å². The fourth-order valence-electron chi connectivity index (χ4n) is 2.62. The molecule has 5 nitrogen and oxygen atoms in total. The van der Waals surface area contributed by atoms with Crippen LogP contribution in [0.1, 0.15) is 18.1 Å². The molecule has 118 valence electrons. The van der Waals surface area contributed by atoms with Crippen molar-refractivity contribution in [2.75, 3.05) is 14.1 Å². The largest absolute Gasteiger partial charge is 0.456 e. The number of fused-ring (bicyclic) bond motifs is 1. The van der Waals surface area contributed by atoms with Crippen LogP contribution in [0.4, 0.5) is 0 Å². The third kappa shape index (κ3) is 2.35. The average Bonchev–Trinajstić information content (AvgIpc) is 2.51. The monoisotopic (exact) mass is 328 g/mol. The fourth-order valence-corrected chi connectivity index (χ4v) is 2.79. The van der Waals surface area contributed by atoms with Gasteiger partial charge in [0.15, 0.2) is 5.11 Å². The van der Waals surface area contributed by atoms with Gasteiger partial charge in [0.1, 0.15) is 17.1 Å². The maximum atomic E-state index is 12.5. The van der Waals surface area contributed by atoms with Gasteiger partial charge in [0.05, 0.1) is 0 Å². The van der Waals surface area contributed by atoms with Crippen LogP contribution in [0.5, 0.6) is 5.75 Å². The van der Waals surface area contributed by atoms with Crippen LogP contribution in [-0.2, 0) is 9.59 Å². The molecule has 0 bridgehead atoms. The Hall–Kier alpha value is -2.47. The van der Waals surface area contributed by atoms with E-state index < -0.39 is 11.8 Å². The van der Waals surface area contributed by atoms with Crippen molar-refractivity contribution in [2.45, 2.75) is 13.8 Å². The molecule has 6 heteroatoms. The van der Waals surface area contributed by atoms with Crippen LogP contribution in [0.15, 0.2) is 35.6 Å². The van der Waals surface area contributed by atoms with E-state index in [0.29, 0.717) is 5.75 Å². The number of thiocarbonyl (C=S) groups is 1. The summed E-state index contributed by atoms with van der Waals surface area (Å²) in [5.41, 5.74) is 2.93. The minimum atomic E-state index is -0.451. The first-order valence-electron chi connectivity index (χ1n) is 7.12. The maximum Gasteiger partial charge on any atom is 0.269 e. The van der Waals surface area contributed by atoms with Gasteiger partial charge in [0.25, 0.3) is 11.8 Å². The molecule has 0 aromatic heterocycles. The van der Waals surface area contributed by atoms with E-state index in [4.69, 9.17) is 17.0 Å². The zero-order valence-electron chi connectivity index (χ0n) is 13.3. The van der Waals surface area contributed by atoms with Crippen LogP contribution < -0.4 is 4.74 Å². The number of carbonyl (C=O) groups excluding carboxylic acids is 2. The van der Waals surface area contributed by atoms with Gasteiger partial charge in [0, 0.05) is 19.7 Å². The topological polar surface area (TPSA) is 49.9 Å². The number of aryl methyl sites for hydroxylation is 1. The van der Waals surface area contributed by atoms with Gasteiger partial charge in [-0.2, -0.15) is 0 Å². The van der Waals surface area contributed by atoms with Crippen molar-refractivity contribution >= 4 is 34.7 Å². The number of likely N-dealkylation sites (N-methyl/N-ethyl adjacent to an activating group) is 2. The number of hydrogen-bond donors (Lipinski definition) is 0. The molecule has 0 N–H and O–H groups in total. The summed E-state index contributed by atoms with van der Waals surface area (Å²) in [4.78, 5) is 27.6. The summed E-state index contributed by atoms with van der Waals surface area (Å²) in [5.74, 6) is 0.00450. The number of nitrogens with zero attached hydrogens (tertiary/aromatic N) is 2. The Labute approximate surface area is 139 Å². The number of amides is 2. The molecule has 1 aromatic rings. The van der Waals surface area contributed by atoms with Crippen molar-refractivity contribution in [1.29, 1.82) is 0 Å². The molecule has 1 saturated heterocycles. The third-order valence-electron chi connectivity index (χ3n) is 3.99. The lowest BCUT2D eigenvalue weighted by molar-refractivity contribution is -0.132. The van der Waals surface area contributed by atoms with E-state index in [1.807, 2.05) is 32.0 Å². The summed E-state index contributed by atoms with van der Waals surface area (Å²) >= 11 is 5.09. The molecule has 0 aliphatic carbocycles. The molecule has 2 amide bonds. The molecule has 2 aliphatic rings. The van der Waals surface area contributed by atoms with E-state index in [2.05, 4.69) is 0 Å². The first kappa shape index (κ1) is 15.4. The van der Waals surface area contributed by atoms with Crippen LogP contribution in [-0.4, -0.2) is 40.8 Å². The van der Waals surface area contributed by atoms with Gasteiger partial charge in [-0.05, 0) is 49.3 Å². The number of benzene rings is 1. The van der Waals surface area contributed by atoms with Gasteiger partial charge in [-0.25, -0.2) is 0 Å². The second-order valence-corrected chi connectivity index (χ2v) is 6.04. The van der Waals surface area contributed by atoms with Crippen molar-refractivity contribution in [3.05, 3.63) is 46.7 Å². The Morgan fingerprint density at radius 2 is 1.65 bits per heavy atom. The molecule has 1 aromatic carbocycles. The molecule has 0 unspecified atom stereocenters. The van der Waals surface area contributed by atoms with Crippen molar-refractivity contribution in [3.8, 4) is 5.75 Å². The number of allylic oxidation sites excluding steroid dienone is 2. The molecule has 3 rings (SSSR count). The third-order valence-corrected chi connectivity index (χ3v) is 4.53. The summed E-state index contributed by atoms with van der Waals surface area (Å²) in [6.07, 6.45) is 1.72. The van der Waals surface area contributed by atoms with Crippen LogP contribution in [0.25, 0.3) is 5.57 Å². The quantitative estimate of drug-likeness (QED) is 0.416. The molecular weight excluding hydrogens is 312 g/mol. The Kier molecular flexibility index (Phi) is 3.56. The van der Waals surface area contributed by atoms with Crippen LogP contribution in [0.3, 0.4) is 0 Å². The fraction of sp³-hybridized carbons (Fsp3) is 0.235. The maximum absolute atomic E-state index is 12.5. The zero-order valence-corrected chi connectivity index (χ0v) is 14.2. The zero-order chi connectivity index (χ0) is 16.9. The Balaban J connectivity index is 2.16. The van der Waals surface area contributed by atoms with Crippen LogP contribution in [0.2, 0.25) is 0 Å². The SMILES string of the molecule is CC1=CC(=C2C(=O)N(C)C(=S)N(C)C2=O)Oc2cc(C)ccc21. The number of hydrogen-bond acceptors (Lipinski definition) is 4. The smallest absolute Gasteiger partial charge is 0.269 e. The molecule has 0 atom stereocenters. The first-order valence-corrected chi connectivity index (χ1v) is 7.53. The van der Waals surface area contributed by atoms with E-state index in [1.165, 1.54) is 9.80 Å². The predicted molar refractivity (Wildman–Crippen MR) is 90.6 cm³/mol. The van der Waals surface area contributed by atoms with Crippen molar-refractivity contribution in [1.82, 2.24) is 9.80 Å². The molecule has 0 spiro atoms. The molecular formula is C17H16N2O3S. The van der Waals surface area contributed by atoms with Crippen molar-refractivity contribution < 1.29 is 14.3 Å². The highest BCUT2D eigenvalue weighted by Gasteiger charge is 2.39. The normalized spacial score (nSPS) is 18.1. The average molecular weight is 328 g/mol. The molecule has 2 aliphatic heterocycles. The van der Waals surface area contributed by atoms with Crippen molar-refractivity contribution in [2.24, 2.45) is 0 Å². The van der Waals surface area contributed by atoms with Gasteiger partial charge < -0.3 is 4.74 Å². The van der Waals surface area contributed by atoms with Gasteiger partial charge in [-0.1, -0.05) is 12.1 Å². The van der Waals surface area contributed by atoms with Gasteiger partial charge in [0.2, 0.25) is 0 Å². The Morgan fingerprint density at radius 3 is 2.26 bits per heavy atom. The van der Waals surface area contributed by atoms with E-state index >= 15 is 0 Å². The van der Waals surface area contributed by atoms with Gasteiger partial charge in [-0.3, -0.25) is 19.4 Å². The Morgan fingerprint density at radius 1 is 1.04 bits per heavy atom. The molecule has 1 fully saturated rings. The lowest BCUT2D eigenvalue weighted by atomic mass is 9.99. The molecule has 0 saturated carbocycles. The summed E-state index contributed by atoms with van der Waals surface area (Å²) in [6.45, 7) is 3.88. The highest BCUT2D eigenvalue weighted by atomic mass is 32.1. The number of carbonyl (C=O) groups is 2. The molecule has 0 radical (unpaired) electrons. The second-order valence-electron chi connectivity index (χ2n) is 5.68. The second kappa shape index (κ2) is 5.31. The number of ether oxygens (including phenoxy) is 1. The highest BCUT2D eigenvalue weighted by Crippen LogP contribution is 2.35. The molecule has 23 heavy (non-hydrogen) atoms. The lowest BCUT2D eigenvalue weighted by Crippen LogP contribution is -2.53. The predicted octanol–water partition coefficient (Wildman–Crippen LogP) is 2.26. The summed E-state index contributed by atoms with van der Waals surface area (Å²) in [5, 5.41) is 0.178. The Bertz CT molecular complexity index is 797. The first-order chi connectivity index (χ1) is 10.8. The van der Waals surface area contributed by atoms with E-state index in [9.17, 15) is 9.59 Å². The summed E-state index contributed by atoms with van der Waals surface area (Å²) in [6, 6.07) is 5.85. The highest BCUT2D eigenvalue weighted by molar-refractivity contribution is 7.80. The van der Waals surface area contributed by atoms with E-state index in [0.717, 1.165) is 16.7 Å². The molecule has 2 heterocycles. The minimum absolute atomic E-state index is 0.00453. The minimum Gasteiger partial charge on any atom is -0.456 e. The van der Waals surface area contributed by atoms with Gasteiger partial charge in [-0.15, -0.1) is 0 Å². The lowest BCUT2D eigenvalue weighted by Gasteiger charge is -2.33. The number of rotatable bonds is 0. The summed E-state index contributed by atoms with van der Waals surface area (Å²) in [7, 11) is 3.09. The van der Waals surface area contributed by atoms with E-state index in [1.54, 1.807) is 20.2 Å². The van der Waals surface area contributed by atoms with Crippen LogP contribution >= 0.6 is 12.2 Å².